The maximum absolute atomic E-state index is 12.4. The molecule has 0 aliphatic rings. The zero-order valence-corrected chi connectivity index (χ0v) is 14.1. The van der Waals surface area contributed by atoms with Gasteiger partial charge in [0.1, 0.15) is 5.69 Å². The van der Waals surface area contributed by atoms with Crippen molar-refractivity contribution in [2.24, 2.45) is 5.41 Å². The summed E-state index contributed by atoms with van der Waals surface area (Å²) in [5, 5.41) is 16.9. The lowest BCUT2D eigenvalue weighted by Gasteiger charge is -2.26. The van der Waals surface area contributed by atoms with Crippen molar-refractivity contribution < 1.29 is 9.90 Å². The Balaban J connectivity index is 2.76. The molecule has 0 aliphatic carbocycles. The molecule has 1 unspecified atom stereocenters. The maximum atomic E-state index is 12.4. The smallest absolute Gasteiger partial charge is 0.269 e. The summed E-state index contributed by atoms with van der Waals surface area (Å²) in [6.07, 6.45) is 0.281. The van der Waals surface area contributed by atoms with Gasteiger partial charge in [0.15, 0.2) is 0 Å². The van der Waals surface area contributed by atoms with Gasteiger partial charge in [0.25, 0.3) is 5.91 Å². The molecule has 5 nitrogen and oxygen atoms in total. The number of aryl methyl sites for hydroxylation is 1. The minimum atomic E-state index is -0.370. The van der Waals surface area contributed by atoms with Gasteiger partial charge in [-0.25, -0.2) is 0 Å². The van der Waals surface area contributed by atoms with E-state index in [4.69, 9.17) is 0 Å². The van der Waals surface area contributed by atoms with E-state index in [2.05, 4.69) is 24.3 Å². The predicted octanol–water partition coefficient (Wildman–Crippen LogP) is 2.55. The Morgan fingerprint density at radius 1 is 1.43 bits per heavy atom. The first kappa shape index (κ1) is 17.7. The molecule has 120 valence electrons. The van der Waals surface area contributed by atoms with Gasteiger partial charge in [0.05, 0.1) is 11.8 Å². The van der Waals surface area contributed by atoms with E-state index in [1.165, 1.54) is 0 Å². The fraction of sp³-hybridized carbons (Fsp3) is 0.750. The van der Waals surface area contributed by atoms with Gasteiger partial charge in [-0.05, 0) is 37.7 Å². The van der Waals surface area contributed by atoms with Gasteiger partial charge in [-0.3, -0.25) is 9.48 Å². The van der Waals surface area contributed by atoms with Crippen molar-refractivity contribution in [3.8, 4) is 0 Å². The van der Waals surface area contributed by atoms with Gasteiger partial charge >= 0.3 is 0 Å². The number of rotatable bonds is 7. The van der Waals surface area contributed by atoms with E-state index >= 15 is 0 Å². The van der Waals surface area contributed by atoms with Crippen molar-refractivity contribution in [1.82, 2.24) is 15.1 Å². The third-order valence-electron chi connectivity index (χ3n) is 3.50. The average Bonchev–Trinajstić information content (AvgIpc) is 2.78. The van der Waals surface area contributed by atoms with Crippen molar-refractivity contribution in [1.29, 1.82) is 0 Å². The van der Waals surface area contributed by atoms with Gasteiger partial charge in [-0.15, -0.1) is 0 Å². The van der Waals surface area contributed by atoms with E-state index < -0.39 is 0 Å². The maximum Gasteiger partial charge on any atom is 0.269 e. The predicted molar refractivity (Wildman–Crippen MR) is 84.4 cm³/mol. The molecule has 5 heteroatoms. The number of hydrogen-bond donors (Lipinski definition) is 2. The number of aliphatic hydroxyl groups excluding tert-OH is 1. The van der Waals surface area contributed by atoms with Crippen LogP contribution >= 0.6 is 0 Å². The summed E-state index contributed by atoms with van der Waals surface area (Å²) in [6, 6.07) is 1.87. The summed E-state index contributed by atoms with van der Waals surface area (Å²) in [6.45, 7) is 13.2. The molecule has 1 rings (SSSR count). The van der Waals surface area contributed by atoms with E-state index in [1.54, 1.807) is 11.6 Å². The molecular weight excluding hydrogens is 266 g/mol. The van der Waals surface area contributed by atoms with Crippen molar-refractivity contribution in [3.05, 3.63) is 17.5 Å². The molecule has 0 bridgehead atoms. The molecule has 1 atom stereocenters. The highest BCUT2D eigenvalue weighted by atomic mass is 16.3. The molecule has 0 aromatic carbocycles. The van der Waals surface area contributed by atoms with Crippen LogP contribution in [-0.4, -0.2) is 33.4 Å². The number of carbonyl (C=O) groups excluding carboxylic acids is 1. The van der Waals surface area contributed by atoms with Crippen molar-refractivity contribution in [2.45, 2.75) is 66.5 Å². The number of aromatic nitrogens is 2. The van der Waals surface area contributed by atoms with E-state index in [9.17, 15) is 9.90 Å². The molecule has 1 aromatic rings. The van der Waals surface area contributed by atoms with Gasteiger partial charge in [-0.1, -0.05) is 27.7 Å². The number of nitrogens with one attached hydrogen (secondary N) is 1. The summed E-state index contributed by atoms with van der Waals surface area (Å²) >= 11 is 0. The van der Waals surface area contributed by atoms with E-state index in [-0.39, 0.29) is 17.4 Å². The highest BCUT2D eigenvalue weighted by molar-refractivity contribution is 5.92. The van der Waals surface area contributed by atoms with Gasteiger partial charge in [0, 0.05) is 13.1 Å². The summed E-state index contributed by atoms with van der Waals surface area (Å²) in [5.74, 6) is 0.200. The minimum absolute atomic E-state index is 0.102. The molecule has 0 fully saturated rings. The summed E-state index contributed by atoms with van der Waals surface area (Å²) in [7, 11) is 0. The van der Waals surface area contributed by atoms with Crippen LogP contribution in [0, 0.1) is 5.41 Å². The standard InChI is InChI=1S/C16H29N3O2/c1-7-19-14(8-13(18-19)11(2)3)15(21)17-10-16(5,6)9-12(4)20/h8,11-12,20H,7,9-10H2,1-6H3,(H,17,21). The summed E-state index contributed by atoms with van der Waals surface area (Å²) in [5.41, 5.74) is 1.40. The van der Waals surface area contributed by atoms with Gasteiger partial charge in [-0.2, -0.15) is 5.10 Å². The first-order valence-corrected chi connectivity index (χ1v) is 7.70. The fourth-order valence-electron chi connectivity index (χ4n) is 2.42. The molecule has 21 heavy (non-hydrogen) atoms. The number of nitrogens with zero attached hydrogens (tertiary/aromatic N) is 2. The molecule has 1 heterocycles. The highest BCUT2D eigenvalue weighted by Gasteiger charge is 2.23. The lowest BCUT2D eigenvalue weighted by Crippen LogP contribution is -2.36. The van der Waals surface area contributed by atoms with Crippen molar-refractivity contribution in [2.75, 3.05) is 6.54 Å². The average molecular weight is 295 g/mol. The van der Waals surface area contributed by atoms with Crippen molar-refractivity contribution in [3.63, 3.8) is 0 Å². The topological polar surface area (TPSA) is 67.2 Å². The van der Waals surface area contributed by atoms with Crippen LogP contribution in [0.1, 0.15) is 70.1 Å². The Bertz CT molecular complexity index is 476. The second-order valence-corrected chi connectivity index (χ2v) is 6.82. The lowest BCUT2D eigenvalue weighted by atomic mass is 9.87. The summed E-state index contributed by atoms with van der Waals surface area (Å²) in [4.78, 5) is 12.4. The largest absolute Gasteiger partial charge is 0.393 e. The molecule has 0 radical (unpaired) electrons. The highest BCUT2D eigenvalue weighted by Crippen LogP contribution is 2.21. The van der Waals surface area contributed by atoms with Crippen LogP contribution in [0.3, 0.4) is 0 Å². The molecule has 0 saturated carbocycles. The first-order valence-electron chi connectivity index (χ1n) is 7.70. The van der Waals surface area contributed by atoms with Crippen LogP contribution in [0.2, 0.25) is 0 Å². The number of carbonyl (C=O) groups is 1. The van der Waals surface area contributed by atoms with Crippen LogP contribution in [-0.2, 0) is 6.54 Å². The van der Waals surface area contributed by atoms with Crippen LogP contribution in [0.25, 0.3) is 0 Å². The molecule has 0 aliphatic heterocycles. The number of hydrogen-bond acceptors (Lipinski definition) is 3. The second kappa shape index (κ2) is 7.07. The SMILES string of the molecule is CCn1nc(C(C)C)cc1C(=O)NCC(C)(C)CC(C)O. The third-order valence-corrected chi connectivity index (χ3v) is 3.50. The molecule has 0 saturated heterocycles. The Hall–Kier alpha value is -1.36. The minimum Gasteiger partial charge on any atom is -0.393 e. The Labute approximate surface area is 127 Å². The molecule has 1 aromatic heterocycles. The Morgan fingerprint density at radius 2 is 2.05 bits per heavy atom. The number of aliphatic hydroxyl groups is 1. The normalized spacial score (nSPS) is 13.5. The Morgan fingerprint density at radius 3 is 2.52 bits per heavy atom. The van der Waals surface area contributed by atoms with Crippen LogP contribution in [0.4, 0.5) is 0 Å². The van der Waals surface area contributed by atoms with E-state index in [1.807, 2.05) is 26.8 Å². The molecular formula is C16H29N3O2. The van der Waals surface area contributed by atoms with Crippen LogP contribution < -0.4 is 5.32 Å². The van der Waals surface area contributed by atoms with Crippen LogP contribution in [0.15, 0.2) is 6.07 Å². The molecule has 0 spiro atoms. The molecule has 2 N–H and O–H groups in total. The Kier molecular flexibility index (Phi) is 5.96. The monoisotopic (exact) mass is 295 g/mol. The van der Waals surface area contributed by atoms with Crippen LogP contribution in [0.5, 0.6) is 0 Å². The lowest BCUT2D eigenvalue weighted by molar-refractivity contribution is 0.0892. The zero-order chi connectivity index (χ0) is 16.2. The zero-order valence-electron chi connectivity index (χ0n) is 14.1. The second-order valence-electron chi connectivity index (χ2n) is 6.82. The number of amides is 1. The summed E-state index contributed by atoms with van der Waals surface area (Å²) < 4.78 is 1.74. The first-order chi connectivity index (χ1) is 9.66. The van der Waals surface area contributed by atoms with Gasteiger partial charge < -0.3 is 10.4 Å². The fourth-order valence-corrected chi connectivity index (χ4v) is 2.42. The van der Waals surface area contributed by atoms with Gasteiger partial charge in [0.2, 0.25) is 0 Å². The van der Waals surface area contributed by atoms with E-state index in [0.29, 0.717) is 31.1 Å². The van der Waals surface area contributed by atoms with E-state index in [0.717, 1.165) is 5.69 Å². The van der Waals surface area contributed by atoms with Crippen molar-refractivity contribution >= 4 is 5.91 Å². The molecule has 1 amide bonds. The third kappa shape index (κ3) is 5.16. The quantitative estimate of drug-likeness (QED) is 0.812.